The molecule has 0 unspecified atom stereocenters. The van der Waals surface area contributed by atoms with Gasteiger partial charge in [0.15, 0.2) is 0 Å². The number of carbonyl (C=O) groups is 1. The van der Waals surface area contributed by atoms with Gasteiger partial charge in [-0.2, -0.15) is 0 Å². The Balaban J connectivity index is 1.77. The first kappa shape index (κ1) is 14.8. The summed E-state index contributed by atoms with van der Waals surface area (Å²) in [5.41, 5.74) is 2.90. The number of nitrogens with one attached hydrogen (secondary N) is 2. The van der Waals surface area contributed by atoms with Crippen LogP contribution >= 0.6 is 0 Å². The van der Waals surface area contributed by atoms with Crippen molar-refractivity contribution in [1.82, 2.24) is 10.3 Å². The predicted octanol–water partition coefficient (Wildman–Crippen LogP) is 3.31. The van der Waals surface area contributed by atoms with Crippen LogP contribution in [0.3, 0.4) is 0 Å². The monoisotopic (exact) mass is 309 g/mol. The molecule has 0 radical (unpaired) electrons. The minimum absolute atomic E-state index is 0.0000663. The number of aromatic nitrogens is 1. The van der Waals surface area contributed by atoms with E-state index in [0.29, 0.717) is 11.3 Å². The standard InChI is InChI=1S/C17H15N3O3/c1-11-6-7-12-9-15(19-14(12)8-11)17(21)18-10-13-4-2-3-5-16(13)20(22)23/h2-9,19H,10H2,1H3,(H,18,21). The van der Waals surface area contributed by atoms with Crippen molar-refractivity contribution in [3.8, 4) is 0 Å². The van der Waals surface area contributed by atoms with Crippen LogP contribution in [0.1, 0.15) is 21.6 Å². The Bertz CT molecular complexity index is 899. The summed E-state index contributed by atoms with van der Waals surface area (Å²) in [6, 6.07) is 14.0. The SMILES string of the molecule is Cc1ccc2cc(C(=O)NCc3ccccc3[N+](=O)[O-])[nH]c2c1. The molecule has 0 atom stereocenters. The third kappa shape index (κ3) is 3.06. The molecule has 3 rings (SSSR count). The molecular weight excluding hydrogens is 294 g/mol. The fraction of sp³-hybridized carbons (Fsp3) is 0.118. The lowest BCUT2D eigenvalue weighted by Gasteiger charge is -2.04. The van der Waals surface area contributed by atoms with Gasteiger partial charge in [-0.1, -0.05) is 30.3 Å². The topological polar surface area (TPSA) is 88.0 Å². The molecule has 2 N–H and O–H groups in total. The molecule has 0 fully saturated rings. The van der Waals surface area contributed by atoms with Crippen LogP contribution in [0.15, 0.2) is 48.5 Å². The smallest absolute Gasteiger partial charge is 0.274 e. The molecule has 6 heteroatoms. The normalized spacial score (nSPS) is 10.7. The maximum atomic E-state index is 12.2. The second-order valence-electron chi connectivity index (χ2n) is 5.34. The average Bonchev–Trinajstić information content (AvgIpc) is 2.95. The fourth-order valence-corrected chi connectivity index (χ4v) is 2.47. The van der Waals surface area contributed by atoms with Crippen molar-refractivity contribution in [3.05, 3.63) is 75.5 Å². The van der Waals surface area contributed by atoms with Crippen molar-refractivity contribution in [3.63, 3.8) is 0 Å². The number of benzene rings is 2. The summed E-state index contributed by atoms with van der Waals surface area (Å²) in [5, 5.41) is 14.6. The summed E-state index contributed by atoms with van der Waals surface area (Å²) < 4.78 is 0. The molecule has 0 saturated heterocycles. The van der Waals surface area contributed by atoms with Crippen molar-refractivity contribution in [2.24, 2.45) is 0 Å². The molecule has 23 heavy (non-hydrogen) atoms. The highest BCUT2D eigenvalue weighted by atomic mass is 16.6. The van der Waals surface area contributed by atoms with E-state index in [0.717, 1.165) is 16.5 Å². The number of H-pyrrole nitrogens is 1. The van der Waals surface area contributed by atoms with Crippen LogP contribution in [-0.2, 0) is 6.54 Å². The van der Waals surface area contributed by atoms with Crippen molar-refractivity contribution in [2.75, 3.05) is 0 Å². The minimum atomic E-state index is -0.451. The summed E-state index contributed by atoms with van der Waals surface area (Å²) in [7, 11) is 0. The molecule has 116 valence electrons. The van der Waals surface area contributed by atoms with Gasteiger partial charge in [-0.25, -0.2) is 0 Å². The van der Waals surface area contributed by atoms with E-state index in [2.05, 4.69) is 10.3 Å². The Morgan fingerprint density at radius 3 is 2.78 bits per heavy atom. The first-order valence-electron chi connectivity index (χ1n) is 7.14. The zero-order valence-electron chi connectivity index (χ0n) is 12.5. The lowest BCUT2D eigenvalue weighted by Crippen LogP contribution is -2.23. The number of nitro groups is 1. The van der Waals surface area contributed by atoms with Crippen LogP contribution in [0, 0.1) is 17.0 Å². The van der Waals surface area contributed by atoms with Crippen LogP contribution in [0.5, 0.6) is 0 Å². The van der Waals surface area contributed by atoms with Gasteiger partial charge >= 0.3 is 0 Å². The molecule has 0 aliphatic rings. The molecule has 0 saturated carbocycles. The van der Waals surface area contributed by atoms with E-state index in [-0.39, 0.29) is 18.1 Å². The van der Waals surface area contributed by atoms with Gasteiger partial charge in [0, 0.05) is 29.1 Å². The summed E-state index contributed by atoms with van der Waals surface area (Å²) in [6.07, 6.45) is 0. The number of carbonyl (C=O) groups excluding carboxylic acids is 1. The number of fused-ring (bicyclic) bond motifs is 1. The zero-order chi connectivity index (χ0) is 16.4. The highest BCUT2D eigenvalue weighted by Gasteiger charge is 2.14. The molecule has 1 amide bonds. The number of nitrogens with zero attached hydrogens (tertiary/aromatic N) is 1. The van der Waals surface area contributed by atoms with E-state index in [1.165, 1.54) is 6.07 Å². The van der Waals surface area contributed by atoms with Crippen LogP contribution in [0.4, 0.5) is 5.69 Å². The molecule has 0 bridgehead atoms. The van der Waals surface area contributed by atoms with Gasteiger partial charge in [0.2, 0.25) is 0 Å². The van der Waals surface area contributed by atoms with Gasteiger partial charge < -0.3 is 10.3 Å². The highest BCUT2D eigenvalue weighted by molar-refractivity contribution is 5.98. The number of aryl methyl sites for hydroxylation is 1. The van der Waals surface area contributed by atoms with E-state index >= 15 is 0 Å². The maximum absolute atomic E-state index is 12.2. The second kappa shape index (κ2) is 5.92. The number of rotatable bonds is 4. The highest BCUT2D eigenvalue weighted by Crippen LogP contribution is 2.19. The zero-order valence-corrected chi connectivity index (χ0v) is 12.5. The first-order chi connectivity index (χ1) is 11.0. The van der Waals surface area contributed by atoms with Gasteiger partial charge in [-0.3, -0.25) is 14.9 Å². The molecule has 0 spiro atoms. The molecular formula is C17H15N3O3. The van der Waals surface area contributed by atoms with Crippen LogP contribution in [-0.4, -0.2) is 15.8 Å². The van der Waals surface area contributed by atoms with Gasteiger partial charge in [-0.05, 0) is 24.6 Å². The summed E-state index contributed by atoms with van der Waals surface area (Å²) in [6.45, 7) is 2.08. The molecule has 1 aromatic heterocycles. The Morgan fingerprint density at radius 2 is 2.00 bits per heavy atom. The van der Waals surface area contributed by atoms with Crippen LogP contribution in [0.25, 0.3) is 10.9 Å². The Hall–Kier alpha value is -3.15. The fourth-order valence-electron chi connectivity index (χ4n) is 2.47. The first-order valence-corrected chi connectivity index (χ1v) is 7.14. The lowest BCUT2D eigenvalue weighted by molar-refractivity contribution is -0.385. The summed E-state index contributed by atoms with van der Waals surface area (Å²) in [5.74, 6) is -0.294. The van der Waals surface area contributed by atoms with Gasteiger partial charge in [0.1, 0.15) is 5.69 Å². The maximum Gasteiger partial charge on any atom is 0.274 e. The van der Waals surface area contributed by atoms with E-state index in [9.17, 15) is 14.9 Å². The van der Waals surface area contributed by atoms with Crippen LogP contribution < -0.4 is 5.32 Å². The van der Waals surface area contributed by atoms with Gasteiger partial charge in [0.25, 0.3) is 11.6 Å². The number of amides is 1. The van der Waals surface area contributed by atoms with Crippen molar-refractivity contribution < 1.29 is 9.72 Å². The van der Waals surface area contributed by atoms with Crippen molar-refractivity contribution >= 4 is 22.5 Å². The van der Waals surface area contributed by atoms with E-state index in [1.807, 2.05) is 25.1 Å². The third-order valence-electron chi connectivity index (χ3n) is 3.65. The number of nitro benzene ring substituents is 1. The minimum Gasteiger partial charge on any atom is -0.351 e. The van der Waals surface area contributed by atoms with Crippen molar-refractivity contribution in [2.45, 2.75) is 13.5 Å². The molecule has 3 aromatic rings. The molecule has 2 aromatic carbocycles. The lowest BCUT2D eigenvalue weighted by atomic mass is 10.2. The molecule has 1 heterocycles. The van der Waals surface area contributed by atoms with Crippen molar-refractivity contribution in [1.29, 1.82) is 0 Å². The Kier molecular flexibility index (Phi) is 3.80. The van der Waals surface area contributed by atoms with Gasteiger partial charge in [-0.15, -0.1) is 0 Å². The van der Waals surface area contributed by atoms with Gasteiger partial charge in [0.05, 0.1) is 4.92 Å². The predicted molar refractivity (Wildman–Crippen MR) is 87.3 cm³/mol. The number of aromatic amines is 1. The average molecular weight is 309 g/mol. The Morgan fingerprint density at radius 1 is 1.22 bits per heavy atom. The molecule has 0 aliphatic carbocycles. The number of hydrogen-bond acceptors (Lipinski definition) is 3. The van der Waals surface area contributed by atoms with E-state index in [4.69, 9.17) is 0 Å². The molecule has 6 nitrogen and oxygen atoms in total. The second-order valence-corrected chi connectivity index (χ2v) is 5.34. The summed E-state index contributed by atoms with van der Waals surface area (Å²) in [4.78, 5) is 25.8. The molecule has 0 aliphatic heterocycles. The number of hydrogen-bond donors (Lipinski definition) is 2. The third-order valence-corrected chi connectivity index (χ3v) is 3.65. The van der Waals surface area contributed by atoms with E-state index < -0.39 is 4.92 Å². The largest absolute Gasteiger partial charge is 0.351 e. The Labute approximate surface area is 132 Å². The quantitative estimate of drug-likeness (QED) is 0.572. The summed E-state index contributed by atoms with van der Waals surface area (Å²) >= 11 is 0. The van der Waals surface area contributed by atoms with Crippen LogP contribution in [0.2, 0.25) is 0 Å². The van der Waals surface area contributed by atoms with E-state index in [1.54, 1.807) is 24.3 Å². The number of para-hydroxylation sites is 1.